The number of halogens is 2. The van der Waals surface area contributed by atoms with Crippen molar-refractivity contribution in [2.45, 2.75) is 12.5 Å². The van der Waals surface area contributed by atoms with E-state index in [1.807, 2.05) is 0 Å². The fourth-order valence-electron chi connectivity index (χ4n) is 3.05. The highest BCUT2D eigenvalue weighted by Gasteiger charge is 2.29. The number of carbonyl (C=O) groups is 3. The molecule has 5 N–H and O–H groups in total. The van der Waals surface area contributed by atoms with Crippen LogP contribution in [0, 0.1) is 0 Å². The zero-order valence-corrected chi connectivity index (χ0v) is 17.0. The van der Waals surface area contributed by atoms with Crippen LogP contribution in [-0.4, -0.2) is 28.9 Å². The normalized spacial score (nSPS) is 16.7. The van der Waals surface area contributed by atoms with Crippen LogP contribution in [0.15, 0.2) is 48.6 Å². The van der Waals surface area contributed by atoms with Crippen LogP contribution in [0.25, 0.3) is 11.6 Å². The molecule has 2 aromatic carbocycles. The Balaban J connectivity index is 1.84. The molecular formula is C21H17Cl2N3O4. The lowest BCUT2D eigenvalue weighted by atomic mass is 9.92. The first-order valence-electron chi connectivity index (χ1n) is 8.81. The molecule has 0 radical (unpaired) electrons. The van der Waals surface area contributed by atoms with Crippen molar-refractivity contribution >= 4 is 64.0 Å². The summed E-state index contributed by atoms with van der Waals surface area (Å²) >= 11 is 12.3. The summed E-state index contributed by atoms with van der Waals surface area (Å²) in [4.78, 5) is 34.8. The first kappa shape index (κ1) is 21.4. The van der Waals surface area contributed by atoms with Crippen LogP contribution >= 0.6 is 23.2 Å². The van der Waals surface area contributed by atoms with E-state index in [4.69, 9.17) is 28.9 Å². The lowest BCUT2D eigenvalue weighted by molar-refractivity contribution is -0.137. The van der Waals surface area contributed by atoms with Gasteiger partial charge in [0.25, 0.3) is 0 Å². The first-order chi connectivity index (χ1) is 14.2. The van der Waals surface area contributed by atoms with Crippen LogP contribution in [0.3, 0.4) is 0 Å². The Morgan fingerprint density at radius 2 is 1.87 bits per heavy atom. The molecule has 2 amide bonds. The Morgan fingerprint density at radius 3 is 2.50 bits per heavy atom. The molecule has 0 bridgehead atoms. The van der Waals surface area contributed by atoms with Crippen molar-refractivity contribution in [2.24, 2.45) is 5.73 Å². The van der Waals surface area contributed by atoms with Crippen molar-refractivity contribution in [1.82, 2.24) is 0 Å². The van der Waals surface area contributed by atoms with Gasteiger partial charge in [-0.1, -0.05) is 35.3 Å². The van der Waals surface area contributed by atoms with Gasteiger partial charge >= 0.3 is 5.97 Å². The number of anilines is 2. The molecule has 0 spiro atoms. The minimum Gasteiger partial charge on any atom is -0.480 e. The highest BCUT2D eigenvalue weighted by Crippen LogP contribution is 2.40. The molecule has 9 heteroatoms. The maximum Gasteiger partial charge on any atom is 0.326 e. The highest BCUT2D eigenvalue weighted by molar-refractivity contribution is 6.36. The summed E-state index contributed by atoms with van der Waals surface area (Å²) in [6.45, 7) is 0. The van der Waals surface area contributed by atoms with Gasteiger partial charge in [-0.15, -0.1) is 0 Å². The number of benzene rings is 2. The van der Waals surface area contributed by atoms with Gasteiger partial charge in [0, 0.05) is 40.5 Å². The van der Waals surface area contributed by atoms with Gasteiger partial charge in [-0.05, 0) is 41.5 Å². The van der Waals surface area contributed by atoms with Crippen LogP contribution in [0.5, 0.6) is 0 Å². The Hall–Kier alpha value is -3.29. The number of rotatable bonds is 5. The molecule has 30 heavy (non-hydrogen) atoms. The predicted molar refractivity (Wildman–Crippen MR) is 117 cm³/mol. The zero-order chi connectivity index (χ0) is 21.8. The molecule has 0 saturated heterocycles. The van der Waals surface area contributed by atoms with E-state index in [-0.39, 0.29) is 6.42 Å². The molecule has 1 heterocycles. The molecule has 1 atom stereocenters. The molecule has 1 aliphatic heterocycles. The van der Waals surface area contributed by atoms with Crippen LogP contribution in [0.1, 0.15) is 17.5 Å². The van der Waals surface area contributed by atoms with Gasteiger partial charge in [0.05, 0.1) is 5.02 Å². The molecule has 1 unspecified atom stereocenters. The van der Waals surface area contributed by atoms with Crippen molar-refractivity contribution in [1.29, 1.82) is 0 Å². The van der Waals surface area contributed by atoms with E-state index in [1.54, 1.807) is 36.4 Å². The number of carboxylic acid groups (broad SMARTS) is 1. The number of nitrogens with one attached hydrogen (secondary N) is 2. The quantitative estimate of drug-likeness (QED) is 0.521. The predicted octanol–water partition coefficient (Wildman–Crippen LogP) is 3.78. The summed E-state index contributed by atoms with van der Waals surface area (Å²) in [5.74, 6) is -2.04. The second-order valence-electron chi connectivity index (χ2n) is 6.57. The molecule has 7 nitrogen and oxygen atoms in total. The highest BCUT2D eigenvalue weighted by atomic mass is 35.5. The fourth-order valence-corrected chi connectivity index (χ4v) is 3.66. The third kappa shape index (κ3) is 5.20. The first-order valence-corrected chi connectivity index (χ1v) is 9.56. The van der Waals surface area contributed by atoms with Crippen LogP contribution in [-0.2, 0) is 14.4 Å². The summed E-state index contributed by atoms with van der Waals surface area (Å²) in [7, 11) is 0. The average Bonchev–Trinajstić information content (AvgIpc) is 2.66. The van der Waals surface area contributed by atoms with E-state index in [0.717, 1.165) is 5.56 Å². The van der Waals surface area contributed by atoms with E-state index in [2.05, 4.69) is 10.6 Å². The third-order valence-electron chi connectivity index (χ3n) is 4.35. The topological polar surface area (TPSA) is 122 Å². The number of hydrogen-bond donors (Lipinski definition) is 4. The molecule has 2 aromatic rings. The van der Waals surface area contributed by atoms with E-state index in [1.165, 1.54) is 18.2 Å². The van der Waals surface area contributed by atoms with E-state index < -0.39 is 23.8 Å². The van der Waals surface area contributed by atoms with Crippen LogP contribution < -0.4 is 16.4 Å². The van der Waals surface area contributed by atoms with Crippen molar-refractivity contribution in [3.63, 3.8) is 0 Å². The number of carboxylic acids is 1. The molecule has 0 fully saturated rings. The standard InChI is InChI=1S/C21H17Cl2N3O4/c22-13-9-15(23)20-12(7-17(21(29)30)26-16(20)10-13)8-19(28)25-14-4-1-11(2-5-14)3-6-18(24)27/h1-6,8-10,17,26H,7H2,(H2,24,27)(H,25,28)(H,29,30). The Labute approximate surface area is 182 Å². The summed E-state index contributed by atoms with van der Waals surface area (Å²) in [5, 5.41) is 15.7. The third-order valence-corrected chi connectivity index (χ3v) is 4.87. The number of hydrogen-bond acceptors (Lipinski definition) is 4. The zero-order valence-electron chi connectivity index (χ0n) is 15.5. The van der Waals surface area contributed by atoms with E-state index in [9.17, 15) is 19.5 Å². The molecular weight excluding hydrogens is 429 g/mol. The molecule has 3 rings (SSSR count). The molecule has 154 valence electrons. The molecule has 0 aromatic heterocycles. The second kappa shape index (κ2) is 9.02. The molecule has 1 aliphatic rings. The number of aliphatic carboxylic acids is 1. The summed E-state index contributed by atoms with van der Waals surface area (Å²) < 4.78 is 0. The minimum atomic E-state index is -1.05. The maximum atomic E-state index is 12.5. The smallest absolute Gasteiger partial charge is 0.326 e. The number of fused-ring (bicyclic) bond motifs is 1. The van der Waals surface area contributed by atoms with Gasteiger partial charge in [0.1, 0.15) is 6.04 Å². The van der Waals surface area contributed by atoms with Gasteiger partial charge in [-0.2, -0.15) is 0 Å². The van der Waals surface area contributed by atoms with Crippen molar-refractivity contribution in [3.8, 4) is 0 Å². The summed E-state index contributed by atoms with van der Waals surface area (Å²) in [6.07, 6.45) is 4.20. The van der Waals surface area contributed by atoms with Gasteiger partial charge < -0.3 is 21.5 Å². The van der Waals surface area contributed by atoms with Gasteiger partial charge in [0.15, 0.2) is 0 Å². The largest absolute Gasteiger partial charge is 0.480 e. The van der Waals surface area contributed by atoms with Gasteiger partial charge in [-0.25, -0.2) is 4.79 Å². The van der Waals surface area contributed by atoms with E-state index in [0.29, 0.717) is 32.6 Å². The second-order valence-corrected chi connectivity index (χ2v) is 7.41. The minimum absolute atomic E-state index is 0.0773. The average molecular weight is 446 g/mol. The van der Waals surface area contributed by atoms with Crippen molar-refractivity contribution in [2.75, 3.05) is 10.6 Å². The summed E-state index contributed by atoms with van der Waals surface area (Å²) in [6, 6.07) is 8.95. The Kier molecular flexibility index (Phi) is 6.44. The Morgan fingerprint density at radius 1 is 1.17 bits per heavy atom. The fraction of sp³-hybridized carbons (Fsp3) is 0.0952. The van der Waals surface area contributed by atoms with Gasteiger partial charge in [-0.3, -0.25) is 9.59 Å². The number of carbonyl (C=O) groups excluding carboxylic acids is 2. The number of amides is 2. The van der Waals surface area contributed by atoms with Gasteiger partial charge in [0.2, 0.25) is 11.8 Å². The molecule has 0 aliphatic carbocycles. The lowest BCUT2D eigenvalue weighted by Gasteiger charge is -2.27. The van der Waals surface area contributed by atoms with E-state index >= 15 is 0 Å². The SMILES string of the molecule is NC(=O)C=Cc1ccc(NC(=O)C=C2CC(C(=O)O)Nc3cc(Cl)cc(Cl)c32)cc1. The van der Waals surface area contributed by atoms with Crippen molar-refractivity contribution in [3.05, 3.63) is 69.7 Å². The number of primary amides is 1. The molecule has 0 saturated carbocycles. The monoisotopic (exact) mass is 445 g/mol. The van der Waals surface area contributed by atoms with Crippen LogP contribution in [0.2, 0.25) is 10.0 Å². The Bertz CT molecular complexity index is 1080. The maximum absolute atomic E-state index is 12.5. The lowest BCUT2D eigenvalue weighted by Crippen LogP contribution is -2.33. The van der Waals surface area contributed by atoms with Crippen LogP contribution in [0.4, 0.5) is 11.4 Å². The van der Waals surface area contributed by atoms with Crippen molar-refractivity contribution < 1.29 is 19.5 Å². The summed E-state index contributed by atoms with van der Waals surface area (Å²) in [5.41, 5.74) is 7.81. The number of nitrogens with two attached hydrogens (primary N) is 1.